The zero-order chi connectivity index (χ0) is 2.71. The van der Waals surface area contributed by atoms with Crippen LogP contribution in [0.3, 0.4) is 0 Å². The van der Waals surface area contributed by atoms with E-state index in [1.807, 2.05) is 0 Å². The Morgan fingerprint density at radius 2 is 1.20 bits per heavy atom. The van der Waals surface area contributed by atoms with Gasteiger partial charge in [-0.15, -0.1) is 0 Å². The third kappa shape index (κ3) is 42.3. The second kappa shape index (κ2) is 19.7. The van der Waals surface area contributed by atoms with Crippen LogP contribution < -0.4 is 0 Å². The minimum absolute atomic E-state index is 0. The summed E-state index contributed by atoms with van der Waals surface area (Å²) in [6, 6.07) is 0. The molecule has 0 fully saturated rings. The van der Waals surface area contributed by atoms with Gasteiger partial charge in [-0.05, 0) is 0 Å². The molecule has 0 aromatic heterocycles. The molecule has 0 N–H and O–H groups in total. The van der Waals surface area contributed by atoms with Gasteiger partial charge in [0, 0.05) is 33.8 Å². The third-order valence-electron chi connectivity index (χ3n) is 0. The Morgan fingerprint density at radius 1 is 1.20 bits per heavy atom. The molecular formula is CoCuO2P. The Balaban J connectivity index is -0.0000000200. The monoisotopic (exact) mass is 185 g/mol. The molecule has 5 heavy (non-hydrogen) atoms. The standard InChI is InChI=1S/Co.Cu.O2P/c;;1-3-2. The minimum Gasteiger partial charge on any atom is 0 e. The summed E-state index contributed by atoms with van der Waals surface area (Å²) in [5.41, 5.74) is 0. The summed E-state index contributed by atoms with van der Waals surface area (Å²) < 4.78 is 16.7. The summed E-state index contributed by atoms with van der Waals surface area (Å²) in [7, 11) is -1.08. The molecule has 0 saturated heterocycles. The van der Waals surface area contributed by atoms with E-state index in [0.29, 0.717) is 0 Å². The Hall–Kier alpha value is 1.06. The maximum atomic E-state index is 8.35. The van der Waals surface area contributed by atoms with E-state index in [4.69, 9.17) is 9.13 Å². The van der Waals surface area contributed by atoms with E-state index < -0.39 is 8.34 Å². The van der Waals surface area contributed by atoms with Gasteiger partial charge in [0.2, 0.25) is 0 Å². The molecule has 0 aliphatic carbocycles. The maximum absolute atomic E-state index is 8.35. The molecule has 0 spiro atoms. The molecule has 0 aromatic carbocycles. The van der Waals surface area contributed by atoms with Gasteiger partial charge in [0.15, 0.2) is 0 Å². The summed E-state index contributed by atoms with van der Waals surface area (Å²) >= 11 is 0. The second-order valence-electron chi connectivity index (χ2n) is 0.0745. The van der Waals surface area contributed by atoms with Gasteiger partial charge in [-0.3, -0.25) is 0 Å². The molecule has 0 heterocycles. The summed E-state index contributed by atoms with van der Waals surface area (Å²) in [5, 5.41) is 0. The first-order valence-corrected chi connectivity index (χ1v) is 1.10. The quantitative estimate of drug-likeness (QED) is 0.410. The third-order valence-corrected chi connectivity index (χ3v) is 0. The van der Waals surface area contributed by atoms with Crippen molar-refractivity contribution in [3.8, 4) is 0 Å². The Morgan fingerprint density at radius 3 is 1.20 bits per heavy atom. The molecule has 0 unspecified atom stereocenters. The van der Waals surface area contributed by atoms with Crippen LogP contribution in [0.5, 0.6) is 0 Å². The van der Waals surface area contributed by atoms with Gasteiger partial charge < -0.3 is 0 Å². The summed E-state index contributed by atoms with van der Waals surface area (Å²) in [6.45, 7) is 0. The van der Waals surface area contributed by atoms with Gasteiger partial charge in [0.25, 0.3) is 0 Å². The van der Waals surface area contributed by atoms with Crippen LogP contribution in [-0.2, 0) is 43.0 Å². The molecule has 0 bridgehead atoms. The molecule has 37 valence electrons. The molecule has 0 saturated carbocycles. The molecule has 3 radical (unpaired) electrons. The fraction of sp³-hybridized carbons (Fsp3) is 0. The average Bonchev–Trinajstić information content (AvgIpc) is 0.918. The van der Waals surface area contributed by atoms with E-state index in [1.54, 1.807) is 0 Å². The van der Waals surface area contributed by atoms with Crippen molar-refractivity contribution in [3.05, 3.63) is 0 Å². The van der Waals surface area contributed by atoms with Gasteiger partial charge in [-0.2, -0.15) is 0 Å². The first-order valence-electron chi connectivity index (χ1n) is 0.365. The van der Waals surface area contributed by atoms with Gasteiger partial charge >= 0.3 is 17.5 Å². The zero-order valence-corrected chi connectivity index (χ0v) is 4.78. The normalized spacial score (nSPS) is 1.60. The molecular weight excluding hydrogens is 185 g/mol. The van der Waals surface area contributed by atoms with Gasteiger partial charge in [0.1, 0.15) is 0 Å². The van der Waals surface area contributed by atoms with Crippen LogP contribution in [0.15, 0.2) is 0 Å². The predicted octanol–water partition coefficient (Wildman–Crippen LogP) is 0.619. The van der Waals surface area contributed by atoms with Crippen LogP contribution in [-0.4, -0.2) is 0 Å². The van der Waals surface area contributed by atoms with Crippen molar-refractivity contribution in [1.82, 2.24) is 0 Å². The molecule has 5 heteroatoms. The first kappa shape index (κ1) is 16.6. The molecule has 0 aliphatic heterocycles. The number of hydrogen-bond acceptors (Lipinski definition) is 2. The molecule has 0 aliphatic rings. The number of rotatable bonds is 0. The molecule has 2 nitrogen and oxygen atoms in total. The van der Waals surface area contributed by atoms with E-state index in [0.717, 1.165) is 0 Å². The van der Waals surface area contributed by atoms with Crippen molar-refractivity contribution in [3.63, 3.8) is 0 Å². The SMILES string of the molecule is O=[P]=O.[Co].[Cu]. The van der Waals surface area contributed by atoms with E-state index in [1.165, 1.54) is 0 Å². The van der Waals surface area contributed by atoms with E-state index in [2.05, 4.69) is 0 Å². The molecule has 0 amide bonds. The van der Waals surface area contributed by atoms with Crippen molar-refractivity contribution in [2.45, 2.75) is 0 Å². The van der Waals surface area contributed by atoms with Crippen molar-refractivity contribution in [1.29, 1.82) is 0 Å². The smallest absolute Gasteiger partial charge is 0 e. The van der Waals surface area contributed by atoms with Crippen LogP contribution in [0.2, 0.25) is 0 Å². The minimum atomic E-state index is -1.08. The van der Waals surface area contributed by atoms with Crippen molar-refractivity contribution >= 4 is 8.34 Å². The van der Waals surface area contributed by atoms with Crippen molar-refractivity contribution < 1.29 is 43.0 Å². The van der Waals surface area contributed by atoms with Gasteiger partial charge in [-0.1, -0.05) is 0 Å². The Kier molecular flexibility index (Phi) is 65.2. The van der Waals surface area contributed by atoms with E-state index in [-0.39, 0.29) is 33.8 Å². The first-order chi connectivity index (χ1) is 1.41. The van der Waals surface area contributed by atoms with Crippen LogP contribution in [0.4, 0.5) is 0 Å². The van der Waals surface area contributed by atoms with E-state index >= 15 is 0 Å². The van der Waals surface area contributed by atoms with Crippen LogP contribution in [0.1, 0.15) is 0 Å². The summed E-state index contributed by atoms with van der Waals surface area (Å²) in [6.07, 6.45) is 0. The zero-order valence-electron chi connectivity index (χ0n) is 1.90. The van der Waals surface area contributed by atoms with Crippen LogP contribution in [0.25, 0.3) is 0 Å². The fourth-order valence-electron chi connectivity index (χ4n) is 0. The largest absolute Gasteiger partial charge is 0 e. The number of hydrogen-bond donors (Lipinski definition) is 0. The second-order valence-corrected chi connectivity index (χ2v) is 0.224. The van der Waals surface area contributed by atoms with Crippen LogP contribution in [0, 0.1) is 0 Å². The van der Waals surface area contributed by atoms with Crippen molar-refractivity contribution in [2.24, 2.45) is 0 Å². The van der Waals surface area contributed by atoms with Crippen molar-refractivity contribution in [2.75, 3.05) is 0 Å². The topological polar surface area (TPSA) is 34.1 Å². The molecule has 0 aromatic rings. The van der Waals surface area contributed by atoms with Gasteiger partial charge in [-0.25, -0.2) is 0 Å². The summed E-state index contributed by atoms with van der Waals surface area (Å²) in [5.74, 6) is 0. The summed E-state index contributed by atoms with van der Waals surface area (Å²) in [4.78, 5) is 0. The predicted molar refractivity (Wildman–Crippen MR) is 8.29 cm³/mol. The fourth-order valence-corrected chi connectivity index (χ4v) is 0. The van der Waals surface area contributed by atoms with Crippen LogP contribution >= 0.6 is 8.34 Å². The molecule has 0 atom stereocenters. The molecule has 0 rings (SSSR count). The van der Waals surface area contributed by atoms with E-state index in [9.17, 15) is 0 Å². The average molecular weight is 185 g/mol. The maximum Gasteiger partial charge on any atom is 0 e. The van der Waals surface area contributed by atoms with Gasteiger partial charge in [0.05, 0.1) is 0 Å². The Bertz CT molecular complexity index is 30.6. The Labute approximate surface area is 51.6 Å².